The van der Waals surface area contributed by atoms with Crippen molar-refractivity contribution in [2.45, 2.75) is 147 Å². The third-order valence-corrected chi connectivity index (χ3v) is 13.9. The lowest BCUT2D eigenvalue weighted by Gasteiger charge is -2.28. The van der Waals surface area contributed by atoms with E-state index in [2.05, 4.69) is 251 Å². The Morgan fingerprint density at radius 1 is 0.697 bits per heavy atom. The van der Waals surface area contributed by atoms with E-state index in [1.54, 1.807) is 0 Å². The number of fused-ring (bicyclic) bond motifs is 3. The van der Waals surface area contributed by atoms with Gasteiger partial charge in [-0.15, -0.1) is 0 Å². The van der Waals surface area contributed by atoms with Gasteiger partial charge < -0.3 is 0 Å². The highest BCUT2D eigenvalue weighted by Crippen LogP contribution is 2.57. The normalized spacial score (nSPS) is 20.9. The Labute approximate surface area is 401 Å². The van der Waals surface area contributed by atoms with Crippen LogP contribution in [0.15, 0.2) is 149 Å². The molecule has 0 amide bonds. The third kappa shape index (κ3) is 10.1. The van der Waals surface area contributed by atoms with Gasteiger partial charge in [-0.25, -0.2) is 0 Å². The molecule has 7 rings (SSSR count). The topological polar surface area (TPSA) is 0 Å². The molecular formula is C66H78. The Bertz CT molecular complexity index is 2810. The Hall–Kier alpha value is -5.46. The second-order valence-electron chi connectivity index (χ2n) is 23.5. The molecule has 0 fully saturated rings. The van der Waals surface area contributed by atoms with Crippen molar-refractivity contribution in [2.75, 3.05) is 0 Å². The number of allylic oxidation sites excluding steroid dienone is 16. The molecule has 66 heavy (non-hydrogen) atoms. The van der Waals surface area contributed by atoms with Crippen LogP contribution in [-0.4, -0.2) is 0 Å². The zero-order chi connectivity index (χ0) is 48.1. The van der Waals surface area contributed by atoms with Crippen molar-refractivity contribution >= 4 is 23.3 Å². The van der Waals surface area contributed by atoms with Crippen LogP contribution in [0.5, 0.6) is 0 Å². The minimum absolute atomic E-state index is 0.0180. The van der Waals surface area contributed by atoms with Crippen LogP contribution in [0.4, 0.5) is 0 Å². The summed E-state index contributed by atoms with van der Waals surface area (Å²) in [5.41, 5.74) is 26.7. The first kappa shape index (κ1) is 48.5. The van der Waals surface area contributed by atoms with Crippen molar-refractivity contribution in [1.82, 2.24) is 0 Å². The molecule has 0 heteroatoms. The van der Waals surface area contributed by atoms with Crippen LogP contribution < -0.4 is 0 Å². The first-order valence-electron chi connectivity index (χ1n) is 24.6. The average Bonchev–Trinajstić information content (AvgIpc) is 3.58. The summed E-state index contributed by atoms with van der Waals surface area (Å²) >= 11 is 0. The summed E-state index contributed by atoms with van der Waals surface area (Å²) in [6.07, 6.45) is 28.4. The van der Waals surface area contributed by atoms with E-state index >= 15 is 0 Å². The molecule has 0 aromatic heterocycles. The van der Waals surface area contributed by atoms with Gasteiger partial charge in [0.2, 0.25) is 0 Å². The van der Waals surface area contributed by atoms with Gasteiger partial charge in [-0.2, -0.15) is 0 Å². The highest BCUT2D eigenvalue weighted by molar-refractivity contribution is 6.01. The summed E-state index contributed by atoms with van der Waals surface area (Å²) in [6, 6.07) is 26.0. The van der Waals surface area contributed by atoms with Gasteiger partial charge in [0.15, 0.2) is 0 Å². The SMILES string of the molecule is C/C=C1C(=C/c2cc(-c3cc(C(C)(C)C)cc(C(C)(C)C)c3)c3c(c2C(=C/C)/C=C(\C=C\C(C)(C)C)C(C)(C)C)-c2cccc4c2C3CC=C4)\C/C=C(c2ccccc2C)/C=C(C)\C=C\1C. The fourth-order valence-corrected chi connectivity index (χ4v) is 10.2. The molecule has 0 heterocycles. The van der Waals surface area contributed by atoms with Crippen molar-refractivity contribution in [2.24, 2.45) is 10.8 Å². The predicted molar refractivity (Wildman–Crippen MR) is 293 cm³/mol. The molecule has 3 aliphatic carbocycles. The molecule has 4 aromatic rings. The van der Waals surface area contributed by atoms with E-state index in [0.29, 0.717) is 0 Å². The lowest BCUT2D eigenvalue weighted by Crippen LogP contribution is -2.16. The van der Waals surface area contributed by atoms with Crippen molar-refractivity contribution in [1.29, 1.82) is 0 Å². The first-order chi connectivity index (χ1) is 30.9. The molecule has 0 bridgehead atoms. The minimum atomic E-state index is -0.0750. The standard InChI is InChI=1S/C66H78/c1-18-45(37-51(64(9,10)11)32-33-63(6,7)8)59-50(36-48-31-30-47(55-27-21-20-24-43(55)4)35-42(3)34-44(5)54(48)19-2)40-58(49-38-52(65(12,13)14)41-53(39-49)66(15,16)17)61-56-28-22-25-46-26-23-29-57(60(46)56)62(59)61/h18-27,29-30,32-41,56H,28,31H2,1-17H3/b33-32+,42-35-,44-34+,45-18+,47-30-,48-36-,51-37+,54-19-. The number of aryl methyl sites for hydroxylation is 1. The number of rotatable bonds is 6. The molecule has 1 atom stereocenters. The van der Waals surface area contributed by atoms with Crippen molar-refractivity contribution in [3.05, 3.63) is 199 Å². The minimum Gasteiger partial charge on any atom is -0.0830 e. The highest BCUT2D eigenvalue weighted by Gasteiger charge is 2.37. The van der Waals surface area contributed by atoms with E-state index in [4.69, 9.17) is 0 Å². The van der Waals surface area contributed by atoms with Crippen LogP contribution in [0.2, 0.25) is 0 Å². The van der Waals surface area contributed by atoms with Gasteiger partial charge >= 0.3 is 0 Å². The summed E-state index contributed by atoms with van der Waals surface area (Å²) in [5, 5.41) is 0. The highest BCUT2D eigenvalue weighted by atomic mass is 14.4. The average molecular weight is 871 g/mol. The Balaban J connectivity index is 1.67. The smallest absolute Gasteiger partial charge is 0.0149 e. The number of benzene rings is 4. The second kappa shape index (κ2) is 18.3. The summed E-state index contributed by atoms with van der Waals surface area (Å²) in [6.45, 7) is 39.4. The lowest BCUT2D eigenvalue weighted by molar-refractivity contribution is 0.509. The van der Waals surface area contributed by atoms with Crippen molar-refractivity contribution < 1.29 is 0 Å². The Morgan fingerprint density at radius 2 is 1.36 bits per heavy atom. The van der Waals surface area contributed by atoms with E-state index in [-0.39, 0.29) is 27.6 Å². The van der Waals surface area contributed by atoms with Gasteiger partial charge in [0, 0.05) is 5.92 Å². The van der Waals surface area contributed by atoms with Gasteiger partial charge in [-0.1, -0.05) is 216 Å². The van der Waals surface area contributed by atoms with E-state index in [1.807, 2.05) is 0 Å². The van der Waals surface area contributed by atoms with Gasteiger partial charge in [0.25, 0.3) is 0 Å². The largest absolute Gasteiger partial charge is 0.0830 e. The van der Waals surface area contributed by atoms with E-state index in [9.17, 15) is 0 Å². The molecule has 0 radical (unpaired) electrons. The number of hydrogen-bond donors (Lipinski definition) is 0. The molecule has 0 aliphatic heterocycles. The van der Waals surface area contributed by atoms with Crippen LogP contribution in [0, 0.1) is 17.8 Å². The molecule has 342 valence electrons. The van der Waals surface area contributed by atoms with Gasteiger partial charge in [-0.3, -0.25) is 0 Å². The molecule has 3 aliphatic rings. The molecule has 0 spiro atoms. The fourth-order valence-electron chi connectivity index (χ4n) is 10.2. The molecule has 0 saturated heterocycles. The molecule has 0 nitrogen and oxygen atoms in total. The lowest BCUT2D eigenvalue weighted by atomic mass is 9.76. The van der Waals surface area contributed by atoms with Crippen LogP contribution in [0.1, 0.15) is 180 Å². The zero-order valence-corrected chi connectivity index (χ0v) is 43.7. The molecular weight excluding hydrogens is 793 g/mol. The van der Waals surface area contributed by atoms with Crippen LogP contribution in [0.3, 0.4) is 0 Å². The van der Waals surface area contributed by atoms with Crippen LogP contribution >= 0.6 is 0 Å². The maximum Gasteiger partial charge on any atom is 0.0149 e. The molecule has 1 unspecified atom stereocenters. The molecule has 0 N–H and O–H groups in total. The van der Waals surface area contributed by atoms with E-state index in [1.165, 1.54) is 111 Å². The summed E-state index contributed by atoms with van der Waals surface area (Å²) in [4.78, 5) is 0. The summed E-state index contributed by atoms with van der Waals surface area (Å²) in [5.74, 6) is 0.267. The van der Waals surface area contributed by atoms with E-state index < -0.39 is 0 Å². The second-order valence-corrected chi connectivity index (χ2v) is 23.5. The summed E-state index contributed by atoms with van der Waals surface area (Å²) < 4.78 is 0. The predicted octanol–water partition coefficient (Wildman–Crippen LogP) is 19.5. The van der Waals surface area contributed by atoms with Gasteiger partial charge in [0.1, 0.15) is 0 Å². The van der Waals surface area contributed by atoms with Crippen molar-refractivity contribution in [3.63, 3.8) is 0 Å². The van der Waals surface area contributed by atoms with Crippen molar-refractivity contribution in [3.8, 4) is 22.3 Å². The van der Waals surface area contributed by atoms with Gasteiger partial charge in [0.05, 0.1) is 0 Å². The fraction of sp³-hybridized carbons (Fsp3) is 0.364. The number of hydrogen-bond acceptors (Lipinski definition) is 0. The Morgan fingerprint density at radius 3 is 1.97 bits per heavy atom. The Kier molecular flexibility index (Phi) is 13.5. The molecule has 0 saturated carbocycles. The zero-order valence-electron chi connectivity index (χ0n) is 43.7. The first-order valence-corrected chi connectivity index (χ1v) is 24.6. The maximum absolute atomic E-state index is 2.60. The van der Waals surface area contributed by atoms with E-state index in [0.717, 1.165) is 12.8 Å². The monoisotopic (exact) mass is 871 g/mol. The van der Waals surface area contributed by atoms with Crippen LogP contribution in [0.25, 0.3) is 45.6 Å². The van der Waals surface area contributed by atoms with Crippen LogP contribution in [-0.2, 0) is 10.8 Å². The summed E-state index contributed by atoms with van der Waals surface area (Å²) in [7, 11) is 0. The van der Waals surface area contributed by atoms with Gasteiger partial charge in [-0.05, 0) is 181 Å². The molecule has 4 aromatic carbocycles. The maximum atomic E-state index is 2.60. The quantitative estimate of drug-likeness (QED) is 0.169. The third-order valence-electron chi connectivity index (χ3n) is 13.9.